The average Bonchev–Trinajstić information content (AvgIpc) is 3.25. The SMILES string of the molecule is COc1ccccc1-c1cc([C@@H](CC(=O)O)C(=O)O)cc(C2N=c3ccc(C(=N)N)cc3=N2)c1O. The van der Waals surface area contributed by atoms with Gasteiger partial charge in [0.05, 0.1) is 30.2 Å². The van der Waals surface area contributed by atoms with Crippen molar-refractivity contribution in [2.45, 2.75) is 18.5 Å². The van der Waals surface area contributed by atoms with Gasteiger partial charge in [0.2, 0.25) is 0 Å². The van der Waals surface area contributed by atoms with E-state index in [1.165, 1.54) is 19.2 Å². The number of carbonyl (C=O) groups is 2. The quantitative estimate of drug-likeness (QED) is 0.244. The molecule has 1 aliphatic rings. The van der Waals surface area contributed by atoms with Crippen molar-refractivity contribution in [2.24, 2.45) is 15.7 Å². The zero-order chi connectivity index (χ0) is 25.3. The number of nitrogens with one attached hydrogen (secondary N) is 1. The van der Waals surface area contributed by atoms with Gasteiger partial charge in [-0.2, -0.15) is 0 Å². The number of benzene rings is 3. The normalized spacial score (nSPS) is 14.8. The third-order valence-corrected chi connectivity index (χ3v) is 5.73. The molecule has 0 bridgehead atoms. The number of carboxylic acid groups (broad SMARTS) is 2. The first-order valence-electron chi connectivity index (χ1n) is 10.5. The number of ether oxygens (including phenoxy) is 1. The first-order chi connectivity index (χ1) is 16.7. The second-order valence-electron chi connectivity index (χ2n) is 7.94. The van der Waals surface area contributed by atoms with E-state index in [2.05, 4.69) is 9.98 Å². The molecule has 0 fully saturated rings. The Hall–Kier alpha value is -4.73. The molecule has 0 saturated carbocycles. The summed E-state index contributed by atoms with van der Waals surface area (Å²) in [6.45, 7) is 0. The Labute approximate surface area is 199 Å². The Balaban J connectivity index is 1.95. The van der Waals surface area contributed by atoms with E-state index in [0.717, 1.165) is 0 Å². The summed E-state index contributed by atoms with van der Waals surface area (Å²) in [5.74, 6) is -3.84. The number of nitrogens with two attached hydrogens (primary N) is 1. The van der Waals surface area contributed by atoms with Crippen LogP contribution in [0, 0.1) is 5.41 Å². The summed E-state index contributed by atoms with van der Waals surface area (Å²) < 4.78 is 5.42. The maximum Gasteiger partial charge on any atom is 0.311 e. The van der Waals surface area contributed by atoms with Gasteiger partial charge >= 0.3 is 11.9 Å². The van der Waals surface area contributed by atoms with E-state index in [9.17, 15) is 24.9 Å². The van der Waals surface area contributed by atoms with E-state index < -0.39 is 30.4 Å². The standard InChI is InChI=1S/C25H22N4O6/c1-35-20-5-3-2-4-14(20)16-8-13(15(25(33)34)11-21(30)31)9-17(22(16)32)24-28-18-7-6-12(23(26)27)10-19(18)29-24/h2-10,15,24,32H,11H2,1H3,(H3,26,27)(H,30,31)(H,33,34)/t15-,24?/m1/s1. The number of nitrogens with zero attached hydrogens (tertiary/aromatic N) is 2. The smallest absolute Gasteiger partial charge is 0.311 e. The van der Waals surface area contributed by atoms with E-state index in [1.54, 1.807) is 42.5 Å². The summed E-state index contributed by atoms with van der Waals surface area (Å²) in [5, 5.41) is 38.9. The summed E-state index contributed by atoms with van der Waals surface area (Å²) in [5.41, 5.74) is 7.17. The molecule has 178 valence electrons. The molecule has 0 saturated heterocycles. The molecular weight excluding hydrogens is 452 g/mol. The van der Waals surface area contributed by atoms with Crippen LogP contribution >= 0.6 is 0 Å². The van der Waals surface area contributed by atoms with Crippen molar-refractivity contribution >= 4 is 17.8 Å². The number of phenols is 1. The second kappa shape index (κ2) is 9.26. The third-order valence-electron chi connectivity index (χ3n) is 5.73. The molecule has 6 N–H and O–H groups in total. The van der Waals surface area contributed by atoms with Crippen LogP contribution in [-0.2, 0) is 9.59 Å². The number of methoxy groups -OCH3 is 1. The lowest BCUT2D eigenvalue weighted by molar-refractivity contribution is -0.145. The van der Waals surface area contributed by atoms with E-state index in [4.69, 9.17) is 15.9 Å². The Bertz CT molecular complexity index is 1480. The van der Waals surface area contributed by atoms with Gasteiger partial charge in [-0.25, -0.2) is 0 Å². The highest BCUT2D eigenvalue weighted by Crippen LogP contribution is 2.43. The molecule has 3 aromatic rings. The number of aliphatic carboxylic acids is 2. The first kappa shape index (κ1) is 23.4. The molecule has 1 heterocycles. The Morgan fingerprint density at radius 1 is 1.06 bits per heavy atom. The number of hydrogen-bond donors (Lipinski definition) is 5. The highest BCUT2D eigenvalue weighted by Gasteiger charge is 2.28. The molecule has 0 radical (unpaired) electrons. The van der Waals surface area contributed by atoms with Crippen LogP contribution in [0.25, 0.3) is 11.1 Å². The molecule has 1 unspecified atom stereocenters. The van der Waals surface area contributed by atoms with Crippen LogP contribution in [0.4, 0.5) is 0 Å². The van der Waals surface area contributed by atoms with Crippen molar-refractivity contribution in [1.29, 1.82) is 5.41 Å². The molecule has 0 aromatic heterocycles. The van der Waals surface area contributed by atoms with Gasteiger partial charge in [-0.3, -0.25) is 25.0 Å². The van der Waals surface area contributed by atoms with Crippen LogP contribution in [-0.4, -0.2) is 40.2 Å². The summed E-state index contributed by atoms with van der Waals surface area (Å²) in [6, 6.07) is 14.6. The fourth-order valence-corrected chi connectivity index (χ4v) is 4.01. The number of nitrogen functional groups attached to an aromatic ring is 1. The molecule has 1 aliphatic heterocycles. The van der Waals surface area contributed by atoms with Gasteiger partial charge in [0.15, 0.2) is 6.17 Å². The lowest BCUT2D eigenvalue weighted by atomic mass is 9.89. The van der Waals surface area contributed by atoms with E-state index >= 15 is 0 Å². The van der Waals surface area contributed by atoms with Crippen molar-refractivity contribution in [3.8, 4) is 22.6 Å². The lowest BCUT2D eigenvalue weighted by Crippen LogP contribution is -2.24. The third kappa shape index (κ3) is 4.54. The molecule has 35 heavy (non-hydrogen) atoms. The fourth-order valence-electron chi connectivity index (χ4n) is 4.01. The predicted octanol–water partition coefficient (Wildman–Crippen LogP) is 1.95. The maximum absolute atomic E-state index is 12.0. The number of hydrogen-bond acceptors (Lipinski definition) is 7. The largest absolute Gasteiger partial charge is 0.507 e. The highest BCUT2D eigenvalue weighted by molar-refractivity contribution is 5.94. The molecule has 3 aromatic carbocycles. The van der Waals surface area contributed by atoms with Crippen molar-refractivity contribution in [3.05, 3.63) is 82.0 Å². The Morgan fingerprint density at radius 2 is 1.77 bits per heavy atom. The van der Waals surface area contributed by atoms with Gasteiger partial charge in [-0.1, -0.05) is 18.2 Å². The molecule has 0 amide bonds. The van der Waals surface area contributed by atoms with E-state index in [-0.39, 0.29) is 28.3 Å². The van der Waals surface area contributed by atoms with Crippen molar-refractivity contribution in [3.63, 3.8) is 0 Å². The number of fused-ring (bicyclic) bond motifs is 1. The number of para-hydroxylation sites is 1. The zero-order valence-electron chi connectivity index (χ0n) is 18.6. The van der Waals surface area contributed by atoms with Gasteiger partial charge in [0, 0.05) is 22.3 Å². The van der Waals surface area contributed by atoms with Gasteiger partial charge in [0.1, 0.15) is 17.3 Å². The van der Waals surface area contributed by atoms with Crippen molar-refractivity contribution in [1.82, 2.24) is 0 Å². The minimum absolute atomic E-state index is 0.132. The molecule has 4 rings (SSSR count). The molecular formula is C25H22N4O6. The van der Waals surface area contributed by atoms with Crippen molar-refractivity contribution in [2.75, 3.05) is 7.11 Å². The number of aromatic hydroxyl groups is 1. The first-order valence-corrected chi connectivity index (χ1v) is 10.5. The van der Waals surface area contributed by atoms with Gasteiger partial charge < -0.3 is 25.8 Å². The van der Waals surface area contributed by atoms with Crippen LogP contribution in [0.5, 0.6) is 11.5 Å². The summed E-state index contributed by atoms with van der Waals surface area (Å²) in [4.78, 5) is 32.4. The van der Waals surface area contributed by atoms with Crippen LogP contribution < -0.4 is 21.2 Å². The zero-order valence-corrected chi connectivity index (χ0v) is 18.6. The summed E-state index contributed by atoms with van der Waals surface area (Å²) in [7, 11) is 1.47. The maximum atomic E-state index is 12.0. The van der Waals surface area contributed by atoms with Crippen LogP contribution in [0.1, 0.15) is 35.2 Å². The molecule has 10 heteroatoms. The Kier molecular flexibility index (Phi) is 6.20. The van der Waals surface area contributed by atoms with Gasteiger partial charge in [0.25, 0.3) is 0 Å². The molecule has 0 spiro atoms. The number of amidine groups is 1. The van der Waals surface area contributed by atoms with Gasteiger partial charge in [-0.05, 0) is 42.0 Å². The Morgan fingerprint density at radius 3 is 2.43 bits per heavy atom. The number of rotatable bonds is 8. The fraction of sp³-hybridized carbons (Fsp3) is 0.160. The minimum Gasteiger partial charge on any atom is -0.507 e. The summed E-state index contributed by atoms with van der Waals surface area (Å²) in [6.07, 6.45) is -1.56. The minimum atomic E-state index is -1.37. The number of carboxylic acids is 2. The van der Waals surface area contributed by atoms with Gasteiger partial charge in [-0.15, -0.1) is 0 Å². The lowest BCUT2D eigenvalue weighted by Gasteiger charge is -2.19. The molecule has 0 aliphatic carbocycles. The second-order valence-corrected chi connectivity index (χ2v) is 7.94. The predicted molar refractivity (Wildman–Crippen MR) is 125 cm³/mol. The topological polar surface area (TPSA) is 179 Å². The molecule has 2 atom stereocenters. The van der Waals surface area contributed by atoms with E-state index in [0.29, 0.717) is 27.6 Å². The highest BCUT2D eigenvalue weighted by atomic mass is 16.5. The van der Waals surface area contributed by atoms with Crippen LogP contribution in [0.15, 0.2) is 64.6 Å². The summed E-state index contributed by atoms with van der Waals surface area (Å²) >= 11 is 0. The van der Waals surface area contributed by atoms with E-state index in [1.807, 2.05) is 0 Å². The monoisotopic (exact) mass is 474 g/mol. The molecule has 10 nitrogen and oxygen atoms in total. The number of phenolic OH excluding ortho intramolecular Hbond substituents is 1. The van der Waals surface area contributed by atoms with Crippen LogP contribution in [0.3, 0.4) is 0 Å². The van der Waals surface area contributed by atoms with Crippen molar-refractivity contribution < 1.29 is 29.6 Å². The average molecular weight is 474 g/mol. The van der Waals surface area contributed by atoms with Crippen LogP contribution in [0.2, 0.25) is 0 Å².